The van der Waals surface area contributed by atoms with Gasteiger partial charge in [0.2, 0.25) is 0 Å². The SMILES string of the molecule is Cc1cn(Cc2ccc(C3C(c4ccncc4)C(c4ccc(Cn5cc(C)c(=O)n(C)c5=O)cc4)C3c3ccncc3)cc2)c(=O)n(C)c1=O. The minimum absolute atomic E-state index is 0.146. The highest BCUT2D eigenvalue weighted by atomic mass is 16.2. The lowest BCUT2D eigenvalue weighted by Gasteiger charge is -2.53. The molecule has 252 valence electrons. The third kappa shape index (κ3) is 5.87. The van der Waals surface area contributed by atoms with Crippen molar-refractivity contribution >= 4 is 0 Å². The van der Waals surface area contributed by atoms with Crippen molar-refractivity contribution in [1.82, 2.24) is 28.2 Å². The quantitative estimate of drug-likeness (QED) is 0.239. The van der Waals surface area contributed by atoms with Gasteiger partial charge in [-0.3, -0.25) is 37.8 Å². The standard InChI is InChI=1S/C40H38N6O4/c1-25-21-45(39(49)43(3)37(25)47)23-27-5-9-29(10-6-27)33-35(31-13-17-41-18-14-31)34(36(33)32-15-19-42-20-16-32)30-11-7-28(8-12-30)24-46-22-26(2)38(48)44(4)40(46)50/h5-22,33-36H,23-24H2,1-4H3. The Bertz CT molecular complexity index is 2230. The lowest BCUT2D eigenvalue weighted by Crippen LogP contribution is -2.40. The molecule has 1 aliphatic carbocycles. The van der Waals surface area contributed by atoms with Crippen molar-refractivity contribution in [1.29, 1.82) is 0 Å². The first kappa shape index (κ1) is 32.6. The third-order valence-electron chi connectivity index (χ3n) is 10.2. The number of benzene rings is 2. The van der Waals surface area contributed by atoms with Crippen LogP contribution in [0.1, 0.15) is 68.2 Å². The summed E-state index contributed by atoms with van der Waals surface area (Å²) in [7, 11) is 3.01. The first-order valence-corrected chi connectivity index (χ1v) is 16.6. The summed E-state index contributed by atoms with van der Waals surface area (Å²) in [6.45, 7) is 4.16. The van der Waals surface area contributed by atoms with Gasteiger partial charge < -0.3 is 0 Å². The summed E-state index contributed by atoms with van der Waals surface area (Å²) in [6, 6.07) is 25.3. The van der Waals surface area contributed by atoms with Gasteiger partial charge in [-0.2, -0.15) is 0 Å². The molecule has 0 amide bonds. The molecule has 50 heavy (non-hydrogen) atoms. The molecule has 10 heteroatoms. The second kappa shape index (κ2) is 13.2. The smallest absolute Gasteiger partial charge is 0.296 e. The summed E-state index contributed by atoms with van der Waals surface area (Å²) in [5, 5.41) is 0. The molecule has 0 unspecified atom stereocenters. The molecule has 1 fully saturated rings. The summed E-state index contributed by atoms with van der Waals surface area (Å²) in [5.74, 6) is 0.591. The summed E-state index contributed by atoms with van der Waals surface area (Å²) < 4.78 is 5.44. The van der Waals surface area contributed by atoms with Gasteiger partial charge in [-0.25, -0.2) is 9.59 Å². The van der Waals surface area contributed by atoms with Gasteiger partial charge in [0, 0.05) is 62.4 Å². The van der Waals surface area contributed by atoms with Crippen LogP contribution in [0.3, 0.4) is 0 Å². The van der Waals surface area contributed by atoms with E-state index in [1.54, 1.807) is 35.4 Å². The maximum absolute atomic E-state index is 12.8. The maximum atomic E-state index is 12.8. The molecular formula is C40H38N6O4. The molecular weight excluding hydrogens is 628 g/mol. The van der Waals surface area contributed by atoms with Crippen LogP contribution in [0.15, 0.2) is 129 Å². The van der Waals surface area contributed by atoms with Gasteiger partial charge in [0.1, 0.15) is 0 Å². The monoisotopic (exact) mass is 666 g/mol. The zero-order chi connectivity index (χ0) is 35.1. The Morgan fingerprint density at radius 3 is 1.10 bits per heavy atom. The maximum Gasteiger partial charge on any atom is 0.331 e. The van der Waals surface area contributed by atoms with Gasteiger partial charge in [-0.15, -0.1) is 0 Å². The lowest BCUT2D eigenvalue weighted by molar-refractivity contribution is 0.228. The summed E-state index contributed by atoms with van der Waals surface area (Å²) in [5.41, 5.74) is 6.52. The number of hydrogen-bond donors (Lipinski definition) is 0. The van der Waals surface area contributed by atoms with Crippen LogP contribution in [0.4, 0.5) is 0 Å². The summed E-state index contributed by atoms with van der Waals surface area (Å²) in [4.78, 5) is 58.7. The number of rotatable bonds is 8. The fourth-order valence-electron chi connectivity index (χ4n) is 7.67. The Balaban J connectivity index is 1.24. The first-order chi connectivity index (χ1) is 24.1. The van der Waals surface area contributed by atoms with E-state index in [2.05, 4.69) is 82.8 Å². The van der Waals surface area contributed by atoms with Crippen molar-refractivity contribution in [3.8, 4) is 0 Å². The van der Waals surface area contributed by atoms with Crippen molar-refractivity contribution in [2.75, 3.05) is 0 Å². The molecule has 0 saturated heterocycles. The molecule has 7 rings (SSSR count). The predicted molar refractivity (Wildman–Crippen MR) is 192 cm³/mol. The molecule has 0 spiro atoms. The molecule has 0 radical (unpaired) electrons. The Morgan fingerprint density at radius 2 is 0.780 bits per heavy atom. The number of pyridine rings is 2. The molecule has 6 aromatic rings. The van der Waals surface area contributed by atoms with Crippen LogP contribution in [0, 0.1) is 13.8 Å². The zero-order valence-electron chi connectivity index (χ0n) is 28.4. The van der Waals surface area contributed by atoms with Gasteiger partial charge in [-0.05, 0) is 95.2 Å². The van der Waals surface area contributed by atoms with E-state index >= 15 is 0 Å². The van der Waals surface area contributed by atoms with E-state index in [-0.39, 0.29) is 46.2 Å². The van der Waals surface area contributed by atoms with Crippen molar-refractivity contribution in [3.63, 3.8) is 0 Å². The highest BCUT2D eigenvalue weighted by molar-refractivity contribution is 5.48. The highest BCUT2D eigenvalue weighted by Gasteiger charge is 2.52. The van der Waals surface area contributed by atoms with Crippen LogP contribution in [-0.4, -0.2) is 28.2 Å². The van der Waals surface area contributed by atoms with Gasteiger partial charge >= 0.3 is 11.4 Å². The minimum Gasteiger partial charge on any atom is -0.296 e. The van der Waals surface area contributed by atoms with Crippen LogP contribution in [-0.2, 0) is 27.2 Å². The van der Waals surface area contributed by atoms with Crippen molar-refractivity contribution in [2.24, 2.45) is 14.1 Å². The highest BCUT2D eigenvalue weighted by Crippen LogP contribution is 2.66. The Kier molecular flexibility index (Phi) is 8.61. The molecule has 2 aromatic carbocycles. The molecule has 0 bridgehead atoms. The molecule has 4 heterocycles. The molecule has 1 aliphatic rings. The van der Waals surface area contributed by atoms with E-state index in [0.29, 0.717) is 24.2 Å². The fourth-order valence-corrected chi connectivity index (χ4v) is 7.67. The lowest BCUT2D eigenvalue weighted by atomic mass is 9.49. The first-order valence-electron chi connectivity index (χ1n) is 16.6. The predicted octanol–water partition coefficient (Wildman–Crippen LogP) is 4.36. The second-order valence-corrected chi connectivity index (χ2v) is 13.3. The molecule has 10 nitrogen and oxygen atoms in total. The summed E-state index contributed by atoms with van der Waals surface area (Å²) in [6.07, 6.45) is 10.6. The van der Waals surface area contributed by atoms with Crippen molar-refractivity contribution in [2.45, 2.75) is 50.6 Å². The van der Waals surface area contributed by atoms with E-state index in [0.717, 1.165) is 20.3 Å². The topological polar surface area (TPSA) is 114 Å². The Hall–Kier alpha value is -5.90. The van der Waals surface area contributed by atoms with Crippen LogP contribution >= 0.6 is 0 Å². The van der Waals surface area contributed by atoms with Crippen LogP contribution < -0.4 is 22.5 Å². The summed E-state index contributed by atoms with van der Waals surface area (Å²) >= 11 is 0. The normalized spacial score (nSPS) is 18.5. The number of aryl methyl sites for hydroxylation is 2. The van der Waals surface area contributed by atoms with E-state index in [1.807, 2.05) is 24.8 Å². The number of hydrogen-bond acceptors (Lipinski definition) is 6. The van der Waals surface area contributed by atoms with Gasteiger partial charge in [0.05, 0.1) is 13.1 Å². The van der Waals surface area contributed by atoms with Crippen LogP contribution in [0.2, 0.25) is 0 Å². The van der Waals surface area contributed by atoms with Gasteiger partial charge in [0.25, 0.3) is 11.1 Å². The van der Waals surface area contributed by atoms with E-state index in [4.69, 9.17) is 0 Å². The molecule has 4 aromatic heterocycles. The Morgan fingerprint density at radius 1 is 0.480 bits per heavy atom. The Labute approximate surface area is 288 Å². The van der Waals surface area contributed by atoms with Crippen molar-refractivity contribution in [3.05, 3.63) is 196 Å². The minimum atomic E-state index is -0.343. The number of nitrogens with zero attached hydrogens (tertiary/aromatic N) is 6. The molecule has 0 aliphatic heterocycles. The van der Waals surface area contributed by atoms with Gasteiger partial charge in [-0.1, -0.05) is 48.5 Å². The van der Waals surface area contributed by atoms with Crippen LogP contribution in [0.5, 0.6) is 0 Å². The molecule has 0 atom stereocenters. The zero-order valence-corrected chi connectivity index (χ0v) is 28.4. The van der Waals surface area contributed by atoms with Crippen molar-refractivity contribution < 1.29 is 0 Å². The molecule has 0 N–H and O–H groups in total. The fraction of sp³-hybridized carbons (Fsp3) is 0.250. The second-order valence-electron chi connectivity index (χ2n) is 13.3. The third-order valence-corrected chi connectivity index (χ3v) is 10.2. The average Bonchev–Trinajstić information content (AvgIpc) is 3.13. The van der Waals surface area contributed by atoms with E-state index < -0.39 is 0 Å². The molecule has 1 saturated carbocycles. The average molecular weight is 667 g/mol. The van der Waals surface area contributed by atoms with Crippen LogP contribution in [0.25, 0.3) is 0 Å². The van der Waals surface area contributed by atoms with Gasteiger partial charge in [0.15, 0.2) is 0 Å². The number of aromatic nitrogens is 6. The largest absolute Gasteiger partial charge is 0.331 e. The van der Waals surface area contributed by atoms with E-state index in [9.17, 15) is 19.2 Å². The van der Waals surface area contributed by atoms with E-state index in [1.165, 1.54) is 36.3 Å².